The molecule has 11 nitrogen and oxygen atoms in total. The van der Waals surface area contributed by atoms with Crippen LogP contribution >= 0.6 is 0 Å². The molecule has 2 aromatic carbocycles. The van der Waals surface area contributed by atoms with Crippen molar-refractivity contribution >= 4 is 17.8 Å². The molecule has 0 aliphatic carbocycles. The fourth-order valence-corrected chi connectivity index (χ4v) is 3.28. The number of nitrogens with zero attached hydrogens (tertiary/aromatic N) is 6. The molecule has 0 unspecified atom stereocenters. The Hall–Kier alpha value is -4.67. The Bertz CT molecular complexity index is 1340. The Balaban J connectivity index is 1.41. The zero-order chi connectivity index (χ0) is 23.4. The maximum atomic E-state index is 12.3. The minimum absolute atomic E-state index is 0.0605. The van der Waals surface area contributed by atoms with Crippen molar-refractivity contribution in [3.8, 4) is 22.7 Å². The largest absolute Gasteiger partial charge is 0.455 e. The first-order chi connectivity index (χ1) is 15.9. The molecule has 1 amide bonds. The van der Waals surface area contributed by atoms with Crippen LogP contribution in [-0.2, 0) is 11.3 Å². The maximum Gasteiger partial charge on any atom is 0.272 e. The Morgan fingerprint density at radius 2 is 1.94 bits per heavy atom. The fraction of sp³-hybridized carbons (Fsp3) is 0.136. The minimum Gasteiger partial charge on any atom is -0.455 e. The number of benzene rings is 2. The Morgan fingerprint density at radius 1 is 1.15 bits per heavy atom. The highest BCUT2D eigenvalue weighted by Crippen LogP contribution is 2.31. The number of nitro groups is 1. The van der Waals surface area contributed by atoms with Crippen LogP contribution in [0.1, 0.15) is 16.9 Å². The molecule has 0 spiro atoms. The van der Waals surface area contributed by atoms with E-state index in [-0.39, 0.29) is 12.2 Å². The lowest BCUT2D eigenvalue weighted by atomic mass is 10.00. The van der Waals surface area contributed by atoms with Gasteiger partial charge in [0.05, 0.1) is 11.1 Å². The third-order valence-corrected chi connectivity index (χ3v) is 5.09. The minimum atomic E-state index is -0.413. The molecule has 0 saturated heterocycles. The summed E-state index contributed by atoms with van der Waals surface area (Å²) in [5.41, 5.74) is 5.35. The molecular formula is C22H19N7O4. The van der Waals surface area contributed by atoms with E-state index in [1.807, 2.05) is 30.3 Å². The van der Waals surface area contributed by atoms with Gasteiger partial charge in [0.2, 0.25) is 0 Å². The van der Waals surface area contributed by atoms with Crippen LogP contribution in [0.4, 0.5) is 5.69 Å². The number of hydrogen-bond acceptors (Lipinski definition) is 8. The highest BCUT2D eigenvalue weighted by Gasteiger charge is 2.17. The van der Waals surface area contributed by atoms with Crippen molar-refractivity contribution in [2.24, 2.45) is 5.10 Å². The average molecular weight is 445 g/mol. The predicted molar refractivity (Wildman–Crippen MR) is 119 cm³/mol. The number of hydrazone groups is 1. The van der Waals surface area contributed by atoms with Gasteiger partial charge in [-0.05, 0) is 48.0 Å². The third kappa shape index (κ3) is 4.66. The summed E-state index contributed by atoms with van der Waals surface area (Å²) in [6.45, 7) is 3.39. The summed E-state index contributed by atoms with van der Waals surface area (Å²) in [6, 6.07) is 15.8. The van der Waals surface area contributed by atoms with E-state index in [1.165, 1.54) is 17.0 Å². The number of nitrogens with one attached hydrogen (secondary N) is 1. The zero-order valence-corrected chi connectivity index (χ0v) is 17.8. The van der Waals surface area contributed by atoms with Gasteiger partial charge in [-0.15, -0.1) is 5.10 Å². The smallest absolute Gasteiger partial charge is 0.272 e. The van der Waals surface area contributed by atoms with E-state index >= 15 is 0 Å². The number of tetrazole rings is 1. The van der Waals surface area contributed by atoms with E-state index in [9.17, 15) is 14.9 Å². The summed E-state index contributed by atoms with van der Waals surface area (Å²) in [5.74, 6) is 1.01. The zero-order valence-electron chi connectivity index (χ0n) is 17.8. The van der Waals surface area contributed by atoms with Gasteiger partial charge in [0.1, 0.15) is 18.1 Å². The van der Waals surface area contributed by atoms with Crippen LogP contribution in [0.5, 0.6) is 0 Å². The van der Waals surface area contributed by atoms with Crippen LogP contribution in [0.15, 0.2) is 64.1 Å². The van der Waals surface area contributed by atoms with E-state index in [2.05, 4.69) is 26.1 Å². The standard InChI is InChI=1S/C22H19N7O4/c1-14-15(2)19(29(31)32)10-9-18(14)20-11-8-17(33-20)12-23-24-21(30)13-28-22(25-26-27-28)16-6-4-3-5-7-16/h3-12H,13H2,1-2H3,(H,24,30). The van der Waals surface area contributed by atoms with Gasteiger partial charge in [-0.1, -0.05) is 30.3 Å². The van der Waals surface area contributed by atoms with Gasteiger partial charge in [0.15, 0.2) is 5.82 Å². The van der Waals surface area contributed by atoms with E-state index in [0.29, 0.717) is 22.9 Å². The molecule has 4 rings (SSSR count). The second kappa shape index (κ2) is 9.22. The SMILES string of the molecule is Cc1c(-c2ccc(C=NNC(=O)Cn3nnnc3-c3ccccc3)o2)ccc([N+](=O)[O-])c1C. The summed E-state index contributed by atoms with van der Waals surface area (Å²) in [7, 11) is 0. The number of carbonyl (C=O) groups is 1. The van der Waals surface area contributed by atoms with Crippen molar-refractivity contribution < 1.29 is 14.1 Å². The molecule has 2 aromatic heterocycles. The highest BCUT2D eigenvalue weighted by atomic mass is 16.6. The monoisotopic (exact) mass is 445 g/mol. The number of aromatic nitrogens is 4. The topological polar surface area (TPSA) is 141 Å². The average Bonchev–Trinajstić information content (AvgIpc) is 3.46. The number of rotatable bonds is 7. The number of hydrogen-bond donors (Lipinski definition) is 1. The second-order valence-electron chi connectivity index (χ2n) is 7.16. The van der Waals surface area contributed by atoms with Crippen LogP contribution < -0.4 is 5.43 Å². The molecule has 0 bridgehead atoms. The number of carbonyl (C=O) groups excluding carboxylic acids is 1. The fourth-order valence-electron chi connectivity index (χ4n) is 3.28. The number of furan rings is 1. The first kappa shape index (κ1) is 21.6. The number of nitro benzene ring substituents is 1. The third-order valence-electron chi connectivity index (χ3n) is 5.09. The molecule has 11 heteroatoms. The summed E-state index contributed by atoms with van der Waals surface area (Å²) in [5, 5.41) is 26.5. The molecule has 0 aliphatic rings. The van der Waals surface area contributed by atoms with E-state index in [4.69, 9.17) is 4.42 Å². The van der Waals surface area contributed by atoms with Crippen molar-refractivity contribution in [3.63, 3.8) is 0 Å². The van der Waals surface area contributed by atoms with Gasteiger partial charge in [-0.3, -0.25) is 14.9 Å². The Kier molecular flexibility index (Phi) is 6.02. The molecule has 0 saturated carbocycles. The first-order valence-corrected chi connectivity index (χ1v) is 9.92. The molecule has 33 heavy (non-hydrogen) atoms. The van der Waals surface area contributed by atoms with Gasteiger partial charge >= 0.3 is 0 Å². The Labute approximate surface area is 187 Å². The quantitative estimate of drug-likeness (QED) is 0.261. The lowest BCUT2D eigenvalue weighted by Crippen LogP contribution is -2.24. The predicted octanol–water partition coefficient (Wildman–Crippen LogP) is 3.28. The van der Waals surface area contributed by atoms with Crippen molar-refractivity contribution in [1.82, 2.24) is 25.6 Å². The van der Waals surface area contributed by atoms with Crippen molar-refractivity contribution in [2.75, 3.05) is 0 Å². The van der Waals surface area contributed by atoms with Crippen LogP contribution in [0, 0.1) is 24.0 Å². The van der Waals surface area contributed by atoms with Crippen LogP contribution in [0.25, 0.3) is 22.7 Å². The molecule has 0 atom stereocenters. The van der Waals surface area contributed by atoms with Gasteiger partial charge in [0.25, 0.3) is 11.6 Å². The number of amides is 1. The van der Waals surface area contributed by atoms with Gasteiger partial charge < -0.3 is 4.42 Å². The lowest BCUT2D eigenvalue weighted by molar-refractivity contribution is -0.385. The summed E-state index contributed by atoms with van der Waals surface area (Å²) >= 11 is 0. The summed E-state index contributed by atoms with van der Waals surface area (Å²) in [6.07, 6.45) is 1.37. The molecular weight excluding hydrogens is 426 g/mol. The van der Waals surface area contributed by atoms with Gasteiger partial charge in [0, 0.05) is 22.8 Å². The molecule has 166 valence electrons. The van der Waals surface area contributed by atoms with Crippen molar-refractivity contribution in [2.45, 2.75) is 20.4 Å². The van der Waals surface area contributed by atoms with Crippen molar-refractivity contribution in [1.29, 1.82) is 0 Å². The summed E-state index contributed by atoms with van der Waals surface area (Å²) in [4.78, 5) is 23.0. The summed E-state index contributed by atoms with van der Waals surface area (Å²) < 4.78 is 7.14. The van der Waals surface area contributed by atoms with Crippen LogP contribution in [0.3, 0.4) is 0 Å². The van der Waals surface area contributed by atoms with Crippen LogP contribution in [-0.4, -0.2) is 37.3 Å². The molecule has 0 radical (unpaired) electrons. The normalized spacial score (nSPS) is 11.1. The molecule has 0 aliphatic heterocycles. The first-order valence-electron chi connectivity index (χ1n) is 9.92. The lowest BCUT2D eigenvalue weighted by Gasteiger charge is -2.06. The molecule has 1 N–H and O–H groups in total. The highest BCUT2D eigenvalue weighted by molar-refractivity contribution is 5.81. The molecule has 4 aromatic rings. The van der Waals surface area contributed by atoms with Gasteiger partial charge in [-0.25, -0.2) is 10.1 Å². The van der Waals surface area contributed by atoms with Gasteiger partial charge in [-0.2, -0.15) is 5.10 Å². The molecule has 2 heterocycles. The van der Waals surface area contributed by atoms with Crippen LogP contribution in [0.2, 0.25) is 0 Å². The molecule has 0 fully saturated rings. The van der Waals surface area contributed by atoms with E-state index < -0.39 is 10.8 Å². The van der Waals surface area contributed by atoms with E-state index in [0.717, 1.165) is 16.7 Å². The maximum absolute atomic E-state index is 12.3. The van der Waals surface area contributed by atoms with Crippen molar-refractivity contribution in [3.05, 3.63) is 81.6 Å². The Morgan fingerprint density at radius 3 is 2.70 bits per heavy atom. The van der Waals surface area contributed by atoms with E-state index in [1.54, 1.807) is 32.0 Å². The second-order valence-corrected chi connectivity index (χ2v) is 7.16.